The fourth-order valence-electron chi connectivity index (χ4n) is 1.41. The quantitative estimate of drug-likeness (QED) is 0.690. The van der Waals surface area contributed by atoms with Gasteiger partial charge in [0.15, 0.2) is 0 Å². The van der Waals surface area contributed by atoms with Crippen molar-refractivity contribution < 1.29 is 14.1 Å². The van der Waals surface area contributed by atoms with Gasteiger partial charge >= 0.3 is 5.69 Å². The van der Waals surface area contributed by atoms with E-state index in [0.29, 0.717) is 11.6 Å². The van der Waals surface area contributed by atoms with Crippen molar-refractivity contribution >= 4 is 28.1 Å². The Balaban J connectivity index is 2.21. The Labute approximate surface area is 116 Å². The molecule has 20 heavy (non-hydrogen) atoms. The van der Waals surface area contributed by atoms with Crippen LogP contribution in [0.15, 0.2) is 18.2 Å². The molecule has 0 saturated carbocycles. The number of nitrogens with one attached hydrogen (secondary N) is 1. The number of hydrogen-bond donors (Lipinski definition) is 1. The lowest BCUT2D eigenvalue weighted by molar-refractivity contribution is -0.387. The maximum Gasteiger partial charge on any atom is 0.305 e. The Bertz CT molecular complexity index is 673. The Hall–Kier alpha value is -2.42. The SMILES string of the molecule is CCc1nnc(NC(=O)c2ccc(F)c([N+](=O)[O-])c2)s1. The number of carbonyl (C=O) groups excluding carboxylic acids is 1. The Morgan fingerprint density at radius 2 is 2.25 bits per heavy atom. The van der Waals surface area contributed by atoms with Gasteiger partial charge in [-0.05, 0) is 18.6 Å². The molecule has 0 atom stereocenters. The highest BCUT2D eigenvalue weighted by molar-refractivity contribution is 7.15. The fourth-order valence-corrected chi connectivity index (χ4v) is 2.08. The first-order chi connectivity index (χ1) is 9.51. The minimum Gasteiger partial charge on any atom is -0.296 e. The number of nitro benzene ring substituents is 1. The van der Waals surface area contributed by atoms with Crippen LogP contribution in [0.2, 0.25) is 0 Å². The predicted octanol–water partition coefficient (Wildman–Crippen LogP) is 2.40. The van der Waals surface area contributed by atoms with Gasteiger partial charge in [-0.15, -0.1) is 10.2 Å². The van der Waals surface area contributed by atoms with Crippen LogP contribution >= 0.6 is 11.3 Å². The highest BCUT2D eigenvalue weighted by Gasteiger charge is 2.18. The third-order valence-corrected chi connectivity index (χ3v) is 3.38. The van der Waals surface area contributed by atoms with Gasteiger partial charge in [0.1, 0.15) is 5.01 Å². The van der Waals surface area contributed by atoms with Crippen LogP contribution in [0.5, 0.6) is 0 Å². The number of halogens is 1. The van der Waals surface area contributed by atoms with Crippen molar-refractivity contribution in [2.75, 3.05) is 5.32 Å². The van der Waals surface area contributed by atoms with E-state index in [9.17, 15) is 19.3 Å². The average molecular weight is 296 g/mol. The molecular weight excluding hydrogens is 287 g/mol. The number of nitro groups is 1. The fraction of sp³-hybridized carbons (Fsp3) is 0.182. The highest BCUT2D eigenvalue weighted by atomic mass is 32.1. The molecule has 0 saturated heterocycles. The lowest BCUT2D eigenvalue weighted by atomic mass is 10.2. The largest absolute Gasteiger partial charge is 0.305 e. The molecule has 0 unspecified atom stereocenters. The van der Waals surface area contributed by atoms with Crippen LogP contribution in [-0.4, -0.2) is 21.0 Å². The number of aryl methyl sites for hydroxylation is 1. The van der Waals surface area contributed by atoms with Gasteiger partial charge in [-0.25, -0.2) is 0 Å². The second-order valence-electron chi connectivity index (χ2n) is 3.73. The Kier molecular flexibility index (Phi) is 3.99. The second-order valence-corrected chi connectivity index (χ2v) is 4.79. The number of nitrogens with zero attached hydrogens (tertiary/aromatic N) is 3. The summed E-state index contributed by atoms with van der Waals surface area (Å²) in [5, 5.41) is 21.7. The van der Waals surface area contributed by atoms with E-state index >= 15 is 0 Å². The van der Waals surface area contributed by atoms with Gasteiger partial charge in [0.2, 0.25) is 10.9 Å². The predicted molar refractivity (Wildman–Crippen MR) is 70.3 cm³/mol. The number of aromatic nitrogens is 2. The third-order valence-electron chi connectivity index (χ3n) is 2.39. The minimum absolute atomic E-state index is 0.0219. The zero-order chi connectivity index (χ0) is 14.7. The molecule has 0 spiro atoms. The third kappa shape index (κ3) is 2.94. The molecule has 0 aliphatic carbocycles. The standard InChI is InChI=1S/C11H9FN4O3S/c1-2-9-14-15-11(20-9)13-10(17)6-3-4-7(12)8(5-6)16(18)19/h3-5H,2H2,1H3,(H,13,15,17). The van der Waals surface area contributed by atoms with Crippen LogP contribution < -0.4 is 5.32 Å². The molecule has 7 nitrogen and oxygen atoms in total. The average Bonchev–Trinajstić information content (AvgIpc) is 2.86. The van der Waals surface area contributed by atoms with Crippen molar-refractivity contribution in [3.8, 4) is 0 Å². The number of rotatable bonds is 4. The van der Waals surface area contributed by atoms with Crippen LogP contribution in [-0.2, 0) is 6.42 Å². The van der Waals surface area contributed by atoms with Crippen LogP contribution in [0.25, 0.3) is 0 Å². The summed E-state index contributed by atoms with van der Waals surface area (Å²) in [4.78, 5) is 21.6. The lowest BCUT2D eigenvalue weighted by Gasteiger charge is -2.01. The molecule has 1 aromatic carbocycles. The molecule has 104 valence electrons. The summed E-state index contributed by atoms with van der Waals surface area (Å²) >= 11 is 1.21. The first-order valence-electron chi connectivity index (χ1n) is 5.59. The second kappa shape index (κ2) is 5.70. The van der Waals surface area contributed by atoms with Gasteiger partial charge < -0.3 is 0 Å². The van der Waals surface area contributed by atoms with Gasteiger partial charge in [-0.2, -0.15) is 4.39 Å². The first kappa shape index (κ1) is 14.0. The minimum atomic E-state index is -0.990. The molecule has 0 aliphatic heterocycles. The summed E-state index contributed by atoms with van der Waals surface area (Å²) in [6.07, 6.45) is 0.690. The van der Waals surface area contributed by atoms with E-state index in [-0.39, 0.29) is 5.56 Å². The number of carbonyl (C=O) groups is 1. The normalized spacial score (nSPS) is 10.3. The van der Waals surface area contributed by atoms with Gasteiger partial charge in [0.05, 0.1) is 4.92 Å². The van der Waals surface area contributed by atoms with Gasteiger partial charge in [0.25, 0.3) is 5.91 Å². The summed E-state index contributed by atoms with van der Waals surface area (Å²) < 4.78 is 13.2. The van der Waals surface area contributed by atoms with Crippen molar-refractivity contribution in [3.05, 3.63) is 44.7 Å². The number of anilines is 1. The molecule has 1 N–H and O–H groups in total. The Morgan fingerprint density at radius 1 is 1.50 bits per heavy atom. The van der Waals surface area contributed by atoms with Crippen LogP contribution in [0, 0.1) is 15.9 Å². The van der Waals surface area contributed by atoms with Crippen molar-refractivity contribution in [1.82, 2.24) is 10.2 Å². The molecule has 0 radical (unpaired) electrons. The molecule has 2 rings (SSSR count). The highest BCUT2D eigenvalue weighted by Crippen LogP contribution is 2.20. The van der Waals surface area contributed by atoms with Crippen LogP contribution in [0.1, 0.15) is 22.3 Å². The van der Waals surface area contributed by atoms with Crippen molar-refractivity contribution in [2.45, 2.75) is 13.3 Å². The van der Waals surface area contributed by atoms with E-state index in [2.05, 4.69) is 15.5 Å². The lowest BCUT2D eigenvalue weighted by Crippen LogP contribution is -2.12. The molecule has 9 heteroatoms. The number of amides is 1. The molecular formula is C11H9FN4O3S. The summed E-state index contributed by atoms with van der Waals surface area (Å²) in [6.45, 7) is 1.90. The molecule has 0 bridgehead atoms. The smallest absolute Gasteiger partial charge is 0.296 e. The number of benzene rings is 1. The maximum absolute atomic E-state index is 13.2. The molecule has 0 fully saturated rings. The van der Waals surface area contributed by atoms with E-state index in [4.69, 9.17) is 0 Å². The van der Waals surface area contributed by atoms with Gasteiger partial charge in [-0.3, -0.25) is 20.2 Å². The molecule has 1 aromatic heterocycles. The van der Waals surface area contributed by atoms with E-state index in [0.717, 1.165) is 17.1 Å². The monoisotopic (exact) mass is 296 g/mol. The zero-order valence-corrected chi connectivity index (χ0v) is 11.1. The molecule has 0 aliphatic rings. The maximum atomic E-state index is 13.2. The molecule has 1 heterocycles. The topological polar surface area (TPSA) is 98.0 Å². The van der Waals surface area contributed by atoms with Crippen LogP contribution in [0.4, 0.5) is 15.2 Å². The molecule has 1 amide bonds. The summed E-state index contributed by atoms with van der Waals surface area (Å²) in [5.41, 5.74) is -0.768. The zero-order valence-electron chi connectivity index (χ0n) is 10.3. The van der Waals surface area contributed by atoms with Gasteiger partial charge in [-0.1, -0.05) is 18.3 Å². The van der Waals surface area contributed by atoms with Crippen molar-refractivity contribution in [3.63, 3.8) is 0 Å². The number of hydrogen-bond acceptors (Lipinski definition) is 6. The van der Waals surface area contributed by atoms with Crippen molar-refractivity contribution in [1.29, 1.82) is 0 Å². The van der Waals surface area contributed by atoms with Crippen LogP contribution in [0.3, 0.4) is 0 Å². The summed E-state index contributed by atoms with van der Waals surface area (Å²) in [6, 6.07) is 2.93. The van der Waals surface area contributed by atoms with E-state index in [1.807, 2.05) is 6.92 Å². The van der Waals surface area contributed by atoms with E-state index < -0.39 is 22.3 Å². The van der Waals surface area contributed by atoms with E-state index in [1.165, 1.54) is 17.4 Å². The Morgan fingerprint density at radius 3 is 2.85 bits per heavy atom. The summed E-state index contributed by atoms with van der Waals surface area (Å²) in [5.74, 6) is -1.59. The van der Waals surface area contributed by atoms with Crippen molar-refractivity contribution in [2.24, 2.45) is 0 Å². The summed E-state index contributed by atoms with van der Waals surface area (Å²) in [7, 11) is 0. The first-order valence-corrected chi connectivity index (χ1v) is 6.40. The van der Waals surface area contributed by atoms with Gasteiger partial charge in [0, 0.05) is 11.6 Å². The van der Waals surface area contributed by atoms with E-state index in [1.54, 1.807) is 0 Å². The molecule has 2 aromatic rings.